The molecule has 1 saturated heterocycles. The van der Waals surface area contributed by atoms with Gasteiger partial charge in [-0.1, -0.05) is 12.1 Å². The largest absolute Gasteiger partial charge is 0.361 e. The monoisotopic (exact) mass is 307 g/mol. The van der Waals surface area contributed by atoms with Gasteiger partial charge in [-0.25, -0.2) is 0 Å². The minimum Gasteiger partial charge on any atom is -0.361 e. The Morgan fingerprint density at radius 1 is 1.45 bits per heavy atom. The predicted octanol–water partition coefficient (Wildman–Crippen LogP) is 2.36. The molecule has 124 valence electrons. The molecule has 5 heteroatoms. The normalized spacial score (nSPS) is 21.4. The third-order valence-electron chi connectivity index (χ3n) is 4.75. The van der Waals surface area contributed by atoms with Crippen LogP contribution in [0.5, 0.6) is 0 Å². The predicted molar refractivity (Wildman–Crippen MR) is 86.7 cm³/mol. The maximum Gasteiger partial charge on any atom is 0.220 e. The number of hydrogen-bond acceptors (Lipinski definition) is 4. The van der Waals surface area contributed by atoms with Gasteiger partial charge in [-0.3, -0.25) is 4.79 Å². The Morgan fingerprint density at radius 3 is 2.82 bits per heavy atom. The van der Waals surface area contributed by atoms with Crippen molar-refractivity contribution in [2.75, 3.05) is 13.1 Å². The number of amides is 1. The highest BCUT2D eigenvalue weighted by atomic mass is 16.5. The zero-order valence-electron chi connectivity index (χ0n) is 14.2. The van der Waals surface area contributed by atoms with Crippen molar-refractivity contribution in [3.05, 3.63) is 17.0 Å². The van der Waals surface area contributed by atoms with Crippen molar-refractivity contribution in [3.63, 3.8) is 0 Å². The number of piperidine rings is 1. The minimum atomic E-state index is 0.0981. The van der Waals surface area contributed by atoms with Gasteiger partial charge in [0.25, 0.3) is 0 Å². The first-order valence-electron chi connectivity index (χ1n) is 8.39. The third-order valence-corrected chi connectivity index (χ3v) is 4.75. The summed E-state index contributed by atoms with van der Waals surface area (Å²) in [5.41, 5.74) is 2.03. The van der Waals surface area contributed by atoms with Crippen LogP contribution < -0.4 is 10.6 Å². The molecule has 3 unspecified atom stereocenters. The number of aromatic nitrogens is 1. The number of hydrogen-bond donors (Lipinski definition) is 2. The lowest BCUT2D eigenvalue weighted by Crippen LogP contribution is -2.38. The molecule has 2 heterocycles. The number of nitrogens with zero attached hydrogens (tertiary/aromatic N) is 1. The topological polar surface area (TPSA) is 67.2 Å². The highest BCUT2D eigenvalue weighted by molar-refractivity contribution is 5.76. The van der Waals surface area contributed by atoms with Crippen LogP contribution in [0.2, 0.25) is 0 Å². The molecule has 2 N–H and O–H groups in total. The van der Waals surface area contributed by atoms with Crippen molar-refractivity contribution in [1.82, 2.24) is 15.8 Å². The molecule has 1 aliphatic rings. The molecule has 1 aromatic heterocycles. The first kappa shape index (κ1) is 17.0. The molecular formula is C17H29N3O2. The second kappa shape index (κ2) is 7.77. The summed E-state index contributed by atoms with van der Waals surface area (Å²) in [5, 5.41) is 10.5. The second-order valence-corrected chi connectivity index (χ2v) is 6.76. The van der Waals surface area contributed by atoms with Crippen LogP contribution in [-0.2, 0) is 11.2 Å². The van der Waals surface area contributed by atoms with E-state index in [2.05, 4.69) is 22.7 Å². The van der Waals surface area contributed by atoms with E-state index in [0.717, 1.165) is 36.5 Å². The Bertz CT molecular complexity index is 473. The zero-order chi connectivity index (χ0) is 16.1. The SMILES string of the molecule is Cc1noc(C)c1CC(C)NC(=O)CC(C)C1CCCNC1. The molecule has 1 amide bonds. The molecule has 1 aliphatic heterocycles. The molecule has 1 fully saturated rings. The second-order valence-electron chi connectivity index (χ2n) is 6.76. The van der Waals surface area contributed by atoms with Gasteiger partial charge in [0, 0.05) is 18.0 Å². The van der Waals surface area contributed by atoms with Crippen LogP contribution in [0.15, 0.2) is 4.52 Å². The summed E-state index contributed by atoms with van der Waals surface area (Å²) < 4.78 is 5.18. The third kappa shape index (κ3) is 4.57. The highest BCUT2D eigenvalue weighted by Gasteiger charge is 2.23. The summed E-state index contributed by atoms with van der Waals surface area (Å²) in [6, 6.07) is 0.0981. The van der Waals surface area contributed by atoms with Crippen LogP contribution in [-0.4, -0.2) is 30.2 Å². The number of carbonyl (C=O) groups excluding carboxylic acids is 1. The Labute approximate surface area is 133 Å². The fraction of sp³-hybridized carbons (Fsp3) is 0.765. The molecule has 0 radical (unpaired) electrons. The van der Waals surface area contributed by atoms with E-state index in [0.29, 0.717) is 18.3 Å². The van der Waals surface area contributed by atoms with E-state index < -0.39 is 0 Å². The van der Waals surface area contributed by atoms with Gasteiger partial charge in [0.05, 0.1) is 5.69 Å². The smallest absolute Gasteiger partial charge is 0.220 e. The van der Waals surface area contributed by atoms with Gasteiger partial charge < -0.3 is 15.2 Å². The summed E-state index contributed by atoms with van der Waals surface area (Å²) in [6.07, 6.45) is 3.83. The van der Waals surface area contributed by atoms with Crippen LogP contribution in [0.1, 0.15) is 50.1 Å². The lowest BCUT2D eigenvalue weighted by molar-refractivity contribution is -0.122. The van der Waals surface area contributed by atoms with Gasteiger partial charge >= 0.3 is 0 Å². The van der Waals surface area contributed by atoms with E-state index in [1.165, 1.54) is 12.8 Å². The lowest BCUT2D eigenvalue weighted by atomic mass is 9.85. The Balaban J connectivity index is 1.78. The minimum absolute atomic E-state index is 0.0981. The van der Waals surface area contributed by atoms with E-state index in [1.807, 2.05) is 20.8 Å². The van der Waals surface area contributed by atoms with Crippen molar-refractivity contribution >= 4 is 5.91 Å². The summed E-state index contributed by atoms with van der Waals surface area (Å²) in [5.74, 6) is 2.05. The molecule has 22 heavy (non-hydrogen) atoms. The van der Waals surface area contributed by atoms with Gasteiger partial charge in [-0.05, 0) is 65.0 Å². The van der Waals surface area contributed by atoms with E-state index in [9.17, 15) is 4.79 Å². The van der Waals surface area contributed by atoms with E-state index in [4.69, 9.17) is 4.52 Å². The molecule has 1 aromatic rings. The first-order chi connectivity index (χ1) is 10.5. The van der Waals surface area contributed by atoms with Gasteiger partial charge in [0.2, 0.25) is 5.91 Å². The van der Waals surface area contributed by atoms with Gasteiger partial charge in [0.1, 0.15) is 5.76 Å². The van der Waals surface area contributed by atoms with E-state index >= 15 is 0 Å². The van der Waals surface area contributed by atoms with Gasteiger partial charge in [-0.2, -0.15) is 0 Å². The number of aryl methyl sites for hydroxylation is 2. The first-order valence-corrected chi connectivity index (χ1v) is 8.39. The fourth-order valence-corrected chi connectivity index (χ4v) is 3.31. The summed E-state index contributed by atoms with van der Waals surface area (Å²) >= 11 is 0. The standard InChI is InChI=1S/C17H29N3O2/c1-11(15-6-5-7-18-10-15)8-17(21)19-12(2)9-16-13(3)20-22-14(16)4/h11-12,15,18H,5-10H2,1-4H3,(H,19,21). The molecule has 0 saturated carbocycles. The molecule has 2 rings (SSSR count). The van der Waals surface area contributed by atoms with Crippen molar-refractivity contribution in [2.45, 2.75) is 59.4 Å². The average Bonchev–Trinajstić information content (AvgIpc) is 2.79. The lowest BCUT2D eigenvalue weighted by Gasteiger charge is -2.28. The van der Waals surface area contributed by atoms with Gasteiger partial charge in [-0.15, -0.1) is 0 Å². The summed E-state index contributed by atoms with van der Waals surface area (Å²) in [6.45, 7) is 10.3. The number of nitrogens with one attached hydrogen (secondary N) is 2. The number of rotatable bonds is 6. The fourth-order valence-electron chi connectivity index (χ4n) is 3.31. The Hall–Kier alpha value is -1.36. The quantitative estimate of drug-likeness (QED) is 0.846. The van der Waals surface area contributed by atoms with Crippen molar-refractivity contribution in [1.29, 1.82) is 0 Å². The molecule has 5 nitrogen and oxygen atoms in total. The number of carbonyl (C=O) groups is 1. The van der Waals surface area contributed by atoms with Crippen molar-refractivity contribution in [2.24, 2.45) is 11.8 Å². The Kier molecular flexibility index (Phi) is 6.00. The maximum absolute atomic E-state index is 12.2. The molecule has 0 aliphatic carbocycles. The summed E-state index contributed by atoms with van der Waals surface area (Å²) in [4.78, 5) is 12.2. The Morgan fingerprint density at radius 2 is 2.23 bits per heavy atom. The molecule has 0 spiro atoms. The summed E-state index contributed by atoms with van der Waals surface area (Å²) in [7, 11) is 0. The highest BCUT2D eigenvalue weighted by Crippen LogP contribution is 2.22. The van der Waals surface area contributed by atoms with Crippen molar-refractivity contribution < 1.29 is 9.32 Å². The van der Waals surface area contributed by atoms with Crippen LogP contribution in [0.25, 0.3) is 0 Å². The zero-order valence-corrected chi connectivity index (χ0v) is 14.2. The van der Waals surface area contributed by atoms with Crippen molar-refractivity contribution in [3.8, 4) is 0 Å². The van der Waals surface area contributed by atoms with Crippen LogP contribution in [0.3, 0.4) is 0 Å². The van der Waals surface area contributed by atoms with Gasteiger partial charge in [0.15, 0.2) is 0 Å². The average molecular weight is 307 g/mol. The molecule has 3 atom stereocenters. The molecular weight excluding hydrogens is 278 g/mol. The van der Waals surface area contributed by atoms with E-state index in [1.54, 1.807) is 0 Å². The van der Waals surface area contributed by atoms with Crippen LogP contribution in [0.4, 0.5) is 0 Å². The van der Waals surface area contributed by atoms with E-state index in [-0.39, 0.29) is 11.9 Å². The van der Waals surface area contributed by atoms with Crippen LogP contribution in [0, 0.1) is 25.7 Å². The molecule has 0 aromatic carbocycles. The van der Waals surface area contributed by atoms with Crippen LogP contribution >= 0.6 is 0 Å². The maximum atomic E-state index is 12.2. The molecule has 0 bridgehead atoms.